The van der Waals surface area contributed by atoms with Gasteiger partial charge in [0.2, 0.25) is 0 Å². The second-order valence-corrected chi connectivity index (χ2v) is 9.92. The van der Waals surface area contributed by atoms with Gasteiger partial charge in [0, 0.05) is 5.56 Å². The molecule has 3 aromatic rings. The molecule has 0 radical (unpaired) electrons. The number of rotatable bonds is 11. The minimum absolute atomic E-state index is 0.0358. The number of ether oxygens (including phenoxy) is 2. The number of nitrogens with zero attached hydrogens (tertiary/aromatic N) is 1. The summed E-state index contributed by atoms with van der Waals surface area (Å²) in [4.78, 5) is 12.5. The molecule has 0 aromatic heterocycles. The van der Waals surface area contributed by atoms with E-state index in [1.807, 2.05) is 13.8 Å². The van der Waals surface area contributed by atoms with Crippen LogP contribution in [-0.2, 0) is 10.1 Å². The normalized spacial score (nSPS) is 11.2. The van der Waals surface area contributed by atoms with E-state index in [4.69, 9.17) is 36.9 Å². The van der Waals surface area contributed by atoms with Gasteiger partial charge in [0.25, 0.3) is 5.91 Å². The molecule has 1 amide bonds. The van der Waals surface area contributed by atoms with Crippen LogP contribution >= 0.6 is 23.2 Å². The number of amides is 1. The number of hydrogen-bond acceptors (Lipinski definition) is 7. The van der Waals surface area contributed by atoms with Gasteiger partial charge in [-0.2, -0.15) is 13.5 Å². The molecule has 0 spiro atoms. The Kier molecular flexibility index (Phi) is 9.57. The minimum atomic E-state index is -4.15. The molecule has 0 saturated carbocycles. The van der Waals surface area contributed by atoms with Gasteiger partial charge < -0.3 is 13.7 Å². The summed E-state index contributed by atoms with van der Waals surface area (Å²) in [6.45, 7) is 7.94. The molecule has 0 fully saturated rings. The lowest BCUT2D eigenvalue weighted by molar-refractivity contribution is 0.0954. The lowest BCUT2D eigenvalue weighted by Gasteiger charge is -2.12. The number of hydrazone groups is 1. The van der Waals surface area contributed by atoms with E-state index >= 15 is 0 Å². The van der Waals surface area contributed by atoms with Crippen molar-refractivity contribution in [2.75, 3.05) is 13.2 Å². The quantitative estimate of drug-likeness (QED) is 0.137. The Bertz CT molecular complexity index is 1400. The summed E-state index contributed by atoms with van der Waals surface area (Å²) in [6.07, 6.45) is 2.91. The molecule has 3 rings (SSSR count). The highest BCUT2D eigenvalue weighted by Gasteiger charge is 2.21. The van der Waals surface area contributed by atoms with Gasteiger partial charge in [-0.15, -0.1) is 0 Å². The summed E-state index contributed by atoms with van der Waals surface area (Å²) in [7, 11) is -4.15. The first kappa shape index (κ1) is 28.0. The predicted molar refractivity (Wildman–Crippen MR) is 144 cm³/mol. The van der Waals surface area contributed by atoms with Crippen LogP contribution < -0.4 is 19.1 Å². The Morgan fingerprint density at radius 3 is 2.32 bits per heavy atom. The zero-order chi connectivity index (χ0) is 27.0. The van der Waals surface area contributed by atoms with Gasteiger partial charge in [0.15, 0.2) is 17.2 Å². The zero-order valence-corrected chi connectivity index (χ0v) is 22.4. The molecule has 3 aromatic carbocycles. The van der Waals surface area contributed by atoms with Crippen LogP contribution in [0.15, 0.2) is 77.2 Å². The summed E-state index contributed by atoms with van der Waals surface area (Å²) >= 11 is 12.5. The van der Waals surface area contributed by atoms with Crippen molar-refractivity contribution in [1.82, 2.24) is 5.43 Å². The Balaban J connectivity index is 1.72. The van der Waals surface area contributed by atoms with Crippen LogP contribution in [0.1, 0.15) is 28.4 Å². The predicted octanol–water partition coefficient (Wildman–Crippen LogP) is 5.80. The monoisotopic (exact) mass is 562 g/mol. The first-order chi connectivity index (χ1) is 17.6. The number of halogens is 2. The van der Waals surface area contributed by atoms with Gasteiger partial charge in [-0.25, -0.2) is 5.43 Å². The number of benzene rings is 3. The third kappa shape index (κ3) is 7.48. The lowest BCUT2D eigenvalue weighted by atomic mass is 10.2. The van der Waals surface area contributed by atoms with Gasteiger partial charge in [-0.1, -0.05) is 53.6 Å². The number of hydrogen-bond donors (Lipinski definition) is 1. The molecule has 0 heterocycles. The highest BCUT2D eigenvalue weighted by molar-refractivity contribution is 7.87. The van der Waals surface area contributed by atoms with Gasteiger partial charge >= 0.3 is 10.1 Å². The number of nitrogens with one attached hydrogen (secondary N) is 1. The zero-order valence-electron chi connectivity index (χ0n) is 20.0. The van der Waals surface area contributed by atoms with Crippen LogP contribution in [0, 0.1) is 6.92 Å². The highest BCUT2D eigenvalue weighted by Crippen LogP contribution is 2.36. The van der Waals surface area contributed by atoms with E-state index in [0.717, 1.165) is 5.56 Å². The van der Waals surface area contributed by atoms with Crippen LogP contribution in [0.3, 0.4) is 0 Å². The van der Waals surface area contributed by atoms with Crippen molar-refractivity contribution in [3.63, 3.8) is 0 Å². The third-order valence-electron chi connectivity index (χ3n) is 4.77. The fourth-order valence-electron chi connectivity index (χ4n) is 3.01. The van der Waals surface area contributed by atoms with Gasteiger partial charge in [0.05, 0.1) is 22.9 Å². The van der Waals surface area contributed by atoms with E-state index in [-0.39, 0.29) is 20.7 Å². The summed E-state index contributed by atoms with van der Waals surface area (Å²) in [5.41, 5.74) is 4.00. The van der Waals surface area contributed by atoms with Crippen molar-refractivity contribution >= 4 is 45.4 Å². The van der Waals surface area contributed by atoms with Crippen LogP contribution in [0.2, 0.25) is 10.0 Å². The molecule has 8 nitrogen and oxygen atoms in total. The van der Waals surface area contributed by atoms with Crippen molar-refractivity contribution in [2.45, 2.75) is 18.7 Å². The van der Waals surface area contributed by atoms with Crippen molar-refractivity contribution in [3.8, 4) is 17.2 Å². The van der Waals surface area contributed by atoms with Gasteiger partial charge in [-0.05, 0) is 61.9 Å². The molecule has 1 N–H and O–H groups in total. The van der Waals surface area contributed by atoms with Gasteiger partial charge in [-0.3, -0.25) is 4.79 Å². The molecule has 0 aliphatic rings. The first-order valence-electron chi connectivity index (χ1n) is 11.0. The van der Waals surface area contributed by atoms with E-state index in [9.17, 15) is 13.2 Å². The van der Waals surface area contributed by atoms with Crippen molar-refractivity contribution in [3.05, 3.63) is 94.0 Å². The maximum Gasteiger partial charge on any atom is 0.339 e. The Morgan fingerprint density at radius 2 is 1.70 bits per heavy atom. The topological polar surface area (TPSA) is 103 Å². The second kappa shape index (κ2) is 12.6. The molecule has 37 heavy (non-hydrogen) atoms. The summed E-state index contributed by atoms with van der Waals surface area (Å²) in [5, 5.41) is 3.82. The molecule has 11 heteroatoms. The summed E-state index contributed by atoms with van der Waals surface area (Å²) in [5.74, 6) is 0.189. The van der Waals surface area contributed by atoms with E-state index in [2.05, 4.69) is 17.1 Å². The Hall–Kier alpha value is -3.53. The van der Waals surface area contributed by atoms with E-state index in [1.165, 1.54) is 30.5 Å². The number of carbonyl (C=O) groups excluding carboxylic acids is 1. The van der Waals surface area contributed by atoms with Crippen LogP contribution in [-0.4, -0.2) is 33.8 Å². The molecule has 0 aliphatic carbocycles. The standard InChI is InChI=1S/C26H24Cl2N2O6S/c1-4-12-35-23-11-8-19(15-24(23)34-5-2)26(31)30-29-16-18-13-21(27)25(22(28)14-18)36-37(32,33)20-9-6-17(3)7-10-20/h4,6-11,13-16H,1,5,12H2,2-3H3,(H,30,31)/b29-16+. The fraction of sp³-hybridized carbons (Fsp3) is 0.154. The van der Waals surface area contributed by atoms with Crippen LogP contribution in [0.25, 0.3) is 0 Å². The molecule has 0 atom stereocenters. The molecule has 194 valence electrons. The third-order valence-corrected chi connectivity index (χ3v) is 6.56. The van der Waals surface area contributed by atoms with E-state index in [0.29, 0.717) is 35.8 Å². The Labute approximate surface area is 225 Å². The largest absolute Gasteiger partial charge is 0.490 e. The highest BCUT2D eigenvalue weighted by atomic mass is 35.5. The van der Waals surface area contributed by atoms with Crippen molar-refractivity contribution in [2.24, 2.45) is 5.10 Å². The smallest absolute Gasteiger partial charge is 0.339 e. The second-order valence-electron chi connectivity index (χ2n) is 7.56. The minimum Gasteiger partial charge on any atom is -0.490 e. The number of aryl methyl sites for hydroxylation is 1. The van der Waals surface area contributed by atoms with Gasteiger partial charge in [0.1, 0.15) is 11.5 Å². The molecular weight excluding hydrogens is 539 g/mol. The first-order valence-corrected chi connectivity index (χ1v) is 13.1. The molecule has 0 bridgehead atoms. The molecule has 0 saturated heterocycles. The van der Waals surface area contributed by atoms with Crippen molar-refractivity contribution < 1.29 is 26.9 Å². The van der Waals surface area contributed by atoms with E-state index in [1.54, 1.807) is 36.4 Å². The fourth-order valence-corrected chi connectivity index (χ4v) is 4.65. The molecule has 0 aliphatic heterocycles. The lowest BCUT2D eigenvalue weighted by Crippen LogP contribution is -2.17. The number of carbonyl (C=O) groups is 1. The van der Waals surface area contributed by atoms with Crippen LogP contribution in [0.4, 0.5) is 0 Å². The summed E-state index contributed by atoms with van der Waals surface area (Å²) < 4.78 is 41.4. The molecule has 0 unspecified atom stereocenters. The maximum atomic E-state index is 12.6. The van der Waals surface area contributed by atoms with Crippen LogP contribution in [0.5, 0.6) is 17.2 Å². The maximum absolute atomic E-state index is 12.6. The Morgan fingerprint density at radius 1 is 1.03 bits per heavy atom. The molecular formula is C26H24Cl2N2O6S. The summed E-state index contributed by atoms with van der Waals surface area (Å²) in [6, 6.07) is 13.7. The average molecular weight is 563 g/mol. The van der Waals surface area contributed by atoms with Crippen molar-refractivity contribution in [1.29, 1.82) is 0 Å². The average Bonchev–Trinajstić information content (AvgIpc) is 2.86. The SMILES string of the molecule is C=CCOc1ccc(C(=O)N/N=C/c2cc(Cl)c(OS(=O)(=O)c3ccc(C)cc3)c(Cl)c2)cc1OCC. The van der Waals surface area contributed by atoms with E-state index < -0.39 is 16.0 Å².